The topological polar surface area (TPSA) is 38.8 Å². The fourth-order valence-corrected chi connectivity index (χ4v) is 3.03. The van der Waals surface area contributed by atoms with Crippen LogP contribution in [0.25, 0.3) is 11.6 Å². The van der Waals surface area contributed by atoms with E-state index in [0.29, 0.717) is 24.5 Å². The fraction of sp³-hybridized carbons (Fsp3) is 0.318. The highest BCUT2D eigenvalue weighted by molar-refractivity contribution is 6.35. The van der Waals surface area contributed by atoms with Gasteiger partial charge in [-0.3, -0.25) is 4.79 Å². The Labute approximate surface area is 155 Å². The molecule has 2 aromatic rings. The molecule has 0 saturated carbocycles. The molecular formula is C22H25NO3. The van der Waals surface area contributed by atoms with Gasteiger partial charge < -0.3 is 14.4 Å². The first-order valence-electron chi connectivity index (χ1n) is 9.14. The van der Waals surface area contributed by atoms with Crippen LogP contribution in [0.5, 0.6) is 11.5 Å². The molecule has 0 N–H and O–H groups in total. The lowest BCUT2D eigenvalue weighted by Gasteiger charge is -2.12. The minimum Gasteiger partial charge on any atom is -0.490 e. The molecule has 1 amide bonds. The Bertz CT molecular complexity index is 826. The lowest BCUT2D eigenvalue weighted by Crippen LogP contribution is -2.20. The molecule has 1 heterocycles. The number of nitrogens with zero attached hydrogens (tertiary/aromatic N) is 1. The van der Waals surface area contributed by atoms with Crippen molar-refractivity contribution in [1.82, 2.24) is 0 Å². The fourth-order valence-electron chi connectivity index (χ4n) is 3.03. The lowest BCUT2D eigenvalue weighted by molar-refractivity contribution is -0.112. The van der Waals surface area contributed by atoms with E-state index in [1.165, 1.54) is 0 Å². The zero-order valence-corrected chi connectivity index (χ0v) is 15.6. The van der Waals surface area contributed by atoms with Crippen molar-refractivity contribution >= 4 is 23.2 Å². The number of hydrogen-bond acceptors (Lipinski definition) is 3. The molecule has 0 unspecified atom stereocenters. The van der Waals surface area contributed by atoms with Gasteiger partial charge in [0.2, 0.25) is 0 Å². The van der Waals surface area contributed by atoms with Crippen molar-refractivity contribution in [3.63, 3.8) is 0 Å². The summed E-state index contributed by atoms with van der Waals surface area (Å²) in [4.78, 5) is 14.3. The Morgan fingerprint density at radius 2 is 1.85 bits per heavy atom. The van der Waals surface area contributed by atoms with Crippen LogP contribution in [0.1, 0.15) is 37.8 Å². The summed E-state index contributed by atoms with van der Waals surface area (Å²) < 4.78 is 11.6. The molecule has 0 bridgehead atoms. The first-order valence-corrected chi connectivity index (χ1v) is 9.14. The molecule has 0 atom stereocenters. The van der Waals surface area contributed by atoms with Crippen LogP contribution >= 0.6 is 0 Å². The largest absolute Gasteiger partial charge is 0.490 e. The van der Waals surface area contributed by atoms with E-state index in [-0.39, 0.29) is 5.91 Å². The number of carbonyl (C=O) groups excluding carboxylic acids is 1. The smallest absolute Gasteiger partial charge is 0.258 e. The second-order valence-electron chi connectivity index (χ2n) is 6.28. The molecule has 4 nitrogen and oxygen atoms in total. The summed E-state index contributed by atoms with van der Waals surface area (Å²) in [7, 11) is 1.80. The number of amides is 1. The van der Waals surface area contributed by atoms with Crippen LogP contribution in [0, 0.1) is 0 Å². The van der Waals surface area contributed by atoms with E-state index in [4.69, 9.17) is 9.47 Å². The molecule has 3 rings (SSSR count). The third-order valence-electron chi connectivity index (χ3n) is 4.42. The van der Waals surface area contributed by atoms with Crippen LogP contribution in [0.2, 0.25) is 0 Å². The van der Waals surface area contributed by atoms with Crippen molar-refractivity contribution in [1.29, 1.82) is 0 Å². The second kappa shape index (κ2) is 8.09. The van der Waals surface area contributed by atoms with Gasteiger partial charge in [0.15, 0.2) is 11.5 Å². The Hall–Kier alpha value is -2.75. The highest BCUT2D eigenvalue weighted by atomic mass is 16.5. The maximum absolute atomic E-state index is 12.6. The van der Waals surface area contributed by atoms with Gasteiger partial charge in [-0.15, -0.1) is 0 Å². The van der Waals surface area contributed by atoms with Crippen LogP contribution in [0.4, 0.5) is 5.69 Å². The molecule has 1 aliphatic rings. The van der Waals surface area contributed by atoms with E-state index in [1.54, 1.807) is 11.9 Å². The third-order valence-corrected chi connectivity index (χ3v) is 4.42. The SMILES string of the molecule is CCCCOc1ccc(/C=C2/C(=O)N(C)c3ccccc32)cc1OCC. The quantitative estimate of drug-likeness (QED) is 0.532. The highest BCUT2D eigenvalue weighted by Gasteiger charge is 2.29. The predicted molar refractivity (Wildman–Crippen MR) is 106 cm³/mol. The van der Waals surface area contributed by atoms with Gasteiger partial charge in [0.05, 0.1) is 18.9 Å². The van der Waals surface area contributed by atoms with Crippen molar-refractivity contribution < 1.29 is 14.3 Å². The van der Waals surface area contributed by atoms with Crippen molar-refractivity contribution in [2.24, 2.45) is 0 Å². The molecule has 136 valence electrons. The average molecular weight is 351 g/mol. The van der Waals surface area contributed by atoms with Gasteiger partial charge in [-0.2, -0.15) is 0 Å². The van der Waals surface area contributed by atoms with Gasteiger partial charge in [0.1, 0.15) is 0 Å². The van der Waals surface area contributed by atoms with Crippen LogP contribution in [0.15, 0.2) is 42.5 Å². The van der Waals surface area contributed by atoms with E-state index in [0.717, 1.165) is 35.4 Å². The van der Waals surface area contributed by atoms with Crippen molar-refractivity contribution in [2.75, 3.05) is 25.2 Å². The molecule has 0 saturated heterocycles. The molecule has 0 spiro atoms. The van der Waals surface area contributed by atoms with E-state index < -0.39 is 0 Å². The summed E-state index contributed by atoms with van der Waals surface area (Å²) in [5.74, 6) is 1.47. The van der Waals surface area contributed by atoms with E-state index in [9.17, 15) is 4.79 Å². The van der Waals surface area contributed by atoms with Crippen LogP contribution in [-0.4, -0.2) is 26.2 Å². The predicted octanol–water partition coefficient (Wildman–Crippen LogP) is 4.78. The standard InChI is InChI=1S/C22H25NO3/c1-4-6-13-26-20-12-11-16(15-21(20)25-5-2)14-18-17-9-7-8-10-19(17)23(3)22(18)24/h7-12,14-15H,4-6,13H2,1-3H3/b18-14+. The number of anilines is 1. The first kappa shape index (κ1) is 18.1. The summed E-state index contributed by atoms with van der Waals surface area (Å²) in [5.41, 5.74) is 3.52. The maximum Gasteiger partial charge on any atom is 0.258 e. The summed E-state index contributed by atoms with van der Waals surface area (Å²) in [5, 5.41) is 0. The summed E-state index contributed by atoms with van der Waals surface area (Å²) in [6, 6.07) is 13.7. The number of rotatable bonds is 7. The molecule has 0 aliphatic carbocycles. The molecule has 4 heteroatoms. The molecule has 0 fully saturated rings. The molecule has 0 aromatic heterocycles. The molecule has 0 radical (unpaired) electrons. The van der Waals surface area contributed by atoms with E-state index in [1.807, 2.05) is 55.5 Å². The Morgan fingerprint density at radius 3 is 2.62 bits per heavy atom. The van der Waals surface area contributed by atoms with E-state index in [2.05, 4.69) is 6.92 Å². The number of hydrogen-bond donors (Lipinski definition) is 0. The van der Waals surface area contributed by atoms with E-state index >= 15 is 0 Å². The highest BCUT2D eigenvalue weighted by Crippen LogP contribution is 2.37. The summed E-state index contributed by atoms with van der Waals surface area (Å²) >= 11 is 0. The van der Waals surface area contributed by atoms with Crippen molar-refractivity contribution in [2.45, 2.75) is 26.7 Å². The molecule has 2 aromatic carbocycles. The molecule has 26 heavy (non-hydrogen) atoms. The van der Waals surface area contributed by atoms with Crippen LogP contribution < -0.4 is 14.4 Å². The number of carbonyl (C=O) groups is 1. The van der Waals surface area contributed by atoms with Crippen molar-refractivity contribution in [3.05, 3.63) is 53.6 Å². The number of unbranched alkanes of at least 4 members (excludes halogenated alkanes) is 1. The zero-order valence-electron chi connectivity index (χ0n) is 15.6. The first-order chi connectivity index (χ1) is 12.7. The van der Waals surface area contributed by atoms with Gasteiger partial charge in [0, 0.05) is 18.2 Å². The minimum absolute atomic E-state index is 0.00688. The maximum atomic E-state index is 12.6. The Balaban J connectivity index is 1.93. The zero-order chi connectivity index (χ0) is 18.5. The molecular weight excluding hydrogens is 326 g/mol. The molecule has 1 aliphatic heterocycles. The average Bonchev–Trinajstić information content (AvgIpc) is 2.89. The lowest BCUT2D eigenvalue weighted by atomic mass is 10.0. The summed E-state index contributed by atoms with van der Waals surface area (Å²) in [6.07, 6.45) is 4.02. The van der Waals surface area contributed by atoms with Crippen LogP contribution in [-0.2, 0) is 4.79 Å². The third kappa shape index (κ3) is 3.59. The number of para-hydroxylation sites is 1. The number of likely N-dealkylation sites (N-methyl/N-ethyl adjacent to an activating group) is 1. The van der Waals surface area contributed by atoms with Crippen LogP contribution in [0.3, 0.4) is 0 Å². The number of ether oxygens (including phenoxy) is 2. The summed E-state index contributed by atoms with van der Waals surface area (Å²) in [6.45, 7) is 5.32. The van der Waals surface area contributed by atoms with Gasteiger partial charge in [-0.1, -0.05) is 37.6 Å². The minimum atomic E-state index is 0.00688. The van der Waals surface area contributed by atoms with Gasteiger partial charge in [0.25, 0.3) is 5.91 Å². The normalized spacial score (nSPS) is 14.7. The van der Waals surface area contributed by atoms with Gasteiger partial charge in [-0.25, -0.2) is 0 Å². The van der Waals surface area contributed by atoms with Crippen molar-refractivity contribution in [3.8, 4) is 11.5 Å². The monoisotopic (exact) mass is 351 g/mol. The van der Waals surface area contributed by atoms with Gasteiger partial charge in [-0.05, 0) is 43.2 Å². The number of fused-ring (bicyclic) bond motifs is 1. The Kier molecular flexibility index (Phi) is 5.61. The Morgan fingerprint density at radius 1 is 1.04 bits per heavy atom. The van der Waals surface area contributed by atoms with Gasteiger partial charge >= 0.3 is 0 Å². The number of benzene rings is 2. The second-order valence-corrected chi connectivity index (χ2v) is 6.28.